The van der Waals surface area contributed by atoms with Crippen LogP contribution in [0.5, 0.6) is 0 Å². The minimum absolute atomic E-state index is 0.0526. The Kier molecular flexibility index (Phi) is 4.68. The molecule has 2 heterocycles. The molecule has 0 radical (unpaired) electrons. The van der Waals surface area contributed by atoms with E-state index in [-0.39, 0.29) is 18.4 Å². The van der Waals surface area contributed by atoms with E-state index in [0.717, 1.165) is 37.1 Å². The summed E-state index contributed by atoms with van der Waals surface area (Å²) in [7, 11) is 0. The Morgan fingerprint density at radius 3 is 2.67 bits per heavy atom. The van der Waals surface area contributed by atoms with Crippen molar-refractivity contribution < 1.29 is 14.7 Å². The van der Waals surface area contributed by atoms with Gasteiger partial charge in [0.2, 0.25) is 5.91 Å². The summed E-state index contributed by atoms with van der Waals surface area (Å²) in [4.78, 5) is 26.4. The molecule has 1 N–H and O–H groups in total. The van der Waals surface area contributed by atoms with Crippen LogP contribution in [0.4, 0.5) is 0 Å². The summed E-state index contributed by atoms with van der Waals surface area (Å²) in [6, 6.07) is 8.98. The minimum Gasteiger partial charge on any atom is -0.480 e. The van der Waals surface area contributed by atoms with Crippen LogP contribution in [0, 0.1) is 12.8 Å². The fourth-order valence-electron chi connectivity index (χ4n) is 4.61. The molecule has 2 aromatic rings. The van der Waals surface area contributed by atoms with Crippen molar-refractivity contribution in [1.82, 2.24) is 19.9 Å². The molecule has 7 nitrogen and oxygen atoms in total. The van der Waals surface area contributed by atoms with Gasteiger partial charge in [0.1, 0.15) is 6.04 Å². The molecule has 2 fully saturated rings. The number of hydrogen-bond acceptors (Lipinski definition) is 4. The summed E-state index contributed by atoms with van der Waals surface area (Å²) < 4.78 is 1.71. The molecule has 1 saturated carbocycles. The summed E-state index contributed by atoms with van der Waals surface area (Å²) in [6.45, 7) is 1.89. The third-order valence-electron chi connectivity index (χ3n) is 5.97. The molecule has 1 aromatic heterocycles. The quantitative estimate of drug-likeness (QED) is 0.895. The summed E-state index contributed by atoms with van der Waals surface area (Å²) in [5.41, 5.74) is 2.30. The lowest BCUT2D eigenvalue weighted by Crippen LogP contribution is -2.47. The van der Waals surface area contributed by atoms with Crippen molar-refractivity contribution in [3.63, 3.8) is 0 Å². The summed E-state index contributed by atoms with van der Waals surface area (Å²) >= 11 is 0. The van der Waals surface area contributed by atoms with Crippen molar-refractivity contribution in [1.29, 1.82) is 0 Å². The lowest BCUT2D eigenvalue weighted by atomic mass is 9.84. The molecule has 1 aliphatic heterocycles. The Bertz CT molecular complexity index is 848. The Morgan fingerprint density at radius 2 is 1.93 bits per heavy atom. The first-order valence-electron chi connectivity index (χ1n) is 9.57. The Hall–Kier alpha value is -2.70. The van der Waals surface area contributed by atoms with Gasteiger partial charge in [-0.05, 0) is 44.2 Å². The van der Waals surface area contributed by atoms with Gasteiger partial charge >= 0.3 is 5.97 Å². The zero-order valence-electron chi connectivity index (χ0n) is 15.4. The number of amides is 1. The third-order valence-corrected chi connectivity index (χ3v) is 5.97. The van der Waals surface area contributed by atoms with Crippen molar-refractivity contribution in [3.05, 3.63) is 41.7 Å². The second-order valence-corrected chi connectivity index (χ2v) is 7.55. The number of rotatable bonds is 4. The van der Waals surface area contributed by atoms with E-state index in [0.29, 0.717) is 18.0 Å². The average molecular weight is 368 g/mol. The van der Waals surface area contributed by atoms with Crippen LogP contribution in [-0.4, -0.2) is 49.0 Å². The van der Waals surface area contributed by atoms with E-state index in [1.54, 1.807) is 9.58 Å². The molecule has 1 aromatic carbocycles. The van der Waals surface area contributed by atoms with Crippen molar-refractivity contribution in [2.75, 3.05) is 0 Å². The second kappa shape index (κ2) is 7.13. The molecular formula is C20H24N4O3. The molecule has 0 spiro atoms. The van der Waals surface area contributed by atoms with Crippen molar-refractivity contribution in [3.8, 4) is 5.69 Å². The van der Waals surface area contributed by atoms with Crippen molar-refractivity contribution >= 4 is 11.9 Å². The van der Waals surface area contributed by atoms with Gasteiger partial charge in [-0.25, -0.2) is 9.48 Å². The van der Waals surface area contributed by atoms with Gasteiger partial charge in [-0.15, -0.1) is 5.10 Å². The zero-order chi connectivity index (χ0) is 19.0. The fourth-order valence-corrected chi connectivity index (χ4v) is 4.61. The minimum atomic E-state index is -0.901. The number of aromatic nitrogens is 3. The van der Waals surface area contributed by atoms with Gasteiger partial charge in [0.05, 0.1) is 23.5 Å². The average Bonchev–Trinajstić information content (AvgIpc) is 3.24. The highest BCUT2D eigenvalue weighted by Crippen LogP contribution is 2.40. The molecule has 1 aliphatic carbocycles. The van der Waals surface area contributed by atoms with Gasteiger partial charge in [-0.2, -0.15) is 0 Å². The Balaban J connectivity index is 1.56. The molecule has 0 bridgehead atoms. The van der Waals surface area contributed by atoms with E-state index in [2.05, 4.69) is 10.3 Å². The molecule has 2 aliphatic rings. The number of para-hydroxylation sites is 1. The number of fused-ring (bicyclic) bond motifs is 1. The maximum absolute atomic E-state index is 13.1. The van der Waals surface area contributed by atoms with Crippen molar-refractivity contribution in [2.45, 2.75) is 57.5 Å². The number of hydrogen-bond donors (Lipinski definition) is 1. The maximum Gasteiger partial charge on any atom is 0.326 e. The highest BCUT2D eigenvalue weighted by Gasteiger charge is 2.47. The van der Waals surface area contributed by atoms with Gasteiger partial charge < -0.3 is 10.0 Å². The van der Waals surface area contributed by atoms with E-state index >= 15 is 0 Å². The number of aliphatic carboxylic acids is 1. The number of benzene rings is 1. The Morgan fingerprint density at radius 1 is 1.19 bits per heavy atom. The van der Waals surface area contributed by atoms with Gasteiger partial charge in [0, 0.05) is 6.04 Å². The number of carbonyl (C=O) groups is 2. The van der Waals surface area contributed by atoms with Gasteiger partial charge in [0.15, 0.2) is 0 Å². The standard InChI is InChI=1S/C20H24N4O3/c1-13-16(21-22-24(13)15-8-3-2-4-9-15)12-19(25)23-17-10-6-5-7-14(17)11-18(23)20(26)27/h2-4,8-9,14,17-18H,5-7,10-12H2,1H3,(H,26,27)/t14-,17-,18+/m1/s1. The smallest absolute Gasteiger partial charge is 0.326 e. The first-order chi connectivity index (χ1) is 13.1. The summed E-state index contributed by atoms with van der Waals surface area (Å²) in [6.07, 6.45) is 4.75. The van der Waals surface area contributed by atoms with Crippen LogP contribution >= 0.6 is 0 Å². The van der Waals surface area contributed by atoms with Gasteiger partial charge in [-0.3, -0.25) is 4.79 Å². The number of likely N-dealkylation sites (tertiary alicyclic amines) is 1. The van der Waals surface area contributed by atoms with Crippen LogP contribution in [0.15, 0.2) is 30.3 Å². The first kappa shape index (κ1) is 17.7. The van der Waals surface area contributed by atoms with Gasteiger partial charge in [-0.1, -0.05) is 36.3 Å². The van der Waals surface area contributed by atoms with E-state index < -0.39 is 12.0 Å². The highest BCUT2D eigenvalue weighted by molar-refractivity contribution is 5.86. The first-order valence-corrected chi connectivity index (χ1v) is 9.57. The van der Waals surface area contributed by atoms with Crippen molar-refractivity contribution in [2.24, 2.45) is 5.92 Å². The monoisotopic (exact) mass is 368 g/mol. The van der Waals surface area contributed by atoms with E-state index in [1.807, 2.05) is 37.3 Å². The fraction of sp³-hybridized carbons (Fsp3) is 0.500. The molecular weight excluding hydrogens is 344 g/mol. The number of carbonyl (C=O) groups excluding carboxylic acids is 1. The highest BCUT2D eigenvalue weighted by atomic mass is 16.4. The molecule has 142 valence electrons. The molecule has 1 saturated heterocycles. The normalized spacial score (nSPS) is 24.6. The molecule has 1 amide bonds. The van der Waals surface area contributed by atoms with E-state index in [9.17, 15) is 14.7 Å². The van der Waals surface area contributed by atoms with E-state index in [1.165, 1.54) is 0 Å². The largest absolute Gasteiger partial charge is 0.480 e. The van der Waals surface area contributed by atoms with Crippen LogP contribution in [0.2, 0.25) is 0 Å². The van der Waals surface area contributed by atoms with Gasteiger partial charge in [0.25, 0.3) is 0 Å². The zero-order valence-corrected chi connectivity index (χ0v) is 15.4. The topological polar surface area (TPSA) is 88.3 Å². The van der Waals surface area contributed by atoms with E-state index in [4.69, 9.17) is 0 Å². The Labute approximate surface area is 158 Å². The summed E-state index contributed by atoms with van der Waals surface area (Å²) in [5, 5.41) is 18.0. The molecule has 0 unspecified atom stereocenters. The third kappa shape index (κ3) is 3.22. The van der Waals surface area contributed by atoms with Crippen LogP contribution in [-0.2, 0) is 16.0 Å². The van der Waals surface area contributed by atoms with Crippen LogP contribution < -0.4 is 0 Å². The SMILES string of the molecule is Cc1c(CC(=O)N2[C@@H]3CCCC[C@@H]3C[C@H]2C(=O)O)nnn1-c1ccccc1. The molecule has 7 heteroatoms. The maximum atomic E-state index is 13.1. The molecule has 3 atom stereocenters. The predicted molar refractivity (Wildman–Crippen MR) is 98.4 cm³/mol. The number of carboxylic acid groups (broad SMARTS) is 1. The second-order valence-electron chi connectivity index (χ2n) is 7.55. The number of nitrogens with zero attached hydrogens (tertiary/aromatic N) is 4. The molecule has 27 heavy (non-hydrogen) atoms. The predicted octanol–water partition coefficient (Wildman–Crippen LogP) is 2.36. The lowest BCUT2D eigenvalue weighted by molar-refractivity contribution is -0.149. The number of carboxylic acids is 1. The van der Waals surface area contributed by atoms with Crippen LogP contribution in [0.1, 0.15) is 43.5 Å². The lowest BCUT2D eigenvalue weighted by Gasteiger charge is -2.33. The van der Waals surface area contributed by atoms with Crippen LogP contribution in [0.25, 0.3) is 5.69 Å². The summed E-state index contributed by atoms with van der Waals surface area (Å²) in [5.74, 6) is -0.743. The molecule has 4 rings (SSSR count). The van der Waals surface area contributed by atoms with Crippen LogP contribution in [0.3, 0.4) is 0 Å².